The number of hydrogen-bond donors (Lipinski definition) is 1. The molecule has 1 aliphatic rings. The van der Waals surface area contributed by atoms with E-state index in [1.54, 1.807) is 4.68 Å². The average Bonchev–Trinajstić information content (AvgIpc) is 2.77. The van der Waals surface area contributed by atoms with Crippen molar-refractivity contribution in [3.05, 3.63) is 10.3 Å². The highest BCUT2D eigenvalue weighted by Gasteiger charge is 2.40. The van der Waals surface area contributed by atoms with E-state index >= 15 is 0 Å². The predicted molar refractivity (Wildman–Crippen MR) is 79.8 cm³/mol. The second kappa shape index (κ2) is 5.89. The molecule has 2 rings (SSSR count). The fourth-order valence-corrected chi connectivity index (χ4v) is 3.58. The minimum Gasteiger partial charge on any atom is -0.321 e. The Morgan fingerprint density at radius 2 is 2.00 bits per heavy atom. The number of halogens is 1. The van der Waals surface area contributed by atoms with Crippen molar-refractivity contribution in [3.8, 4) is 0 Å². The van der Waals surface area contributed by atoms with Gasteiger partial charge in [0.1, 0.15) is 0 Å². The van der Waals surface area contributed by atoms with Crippen LogP contribution in [0.3, 0.4) is 0 Å². The lowest BCUT2D eigenvalue weighted by atomic mass is 9.84. The number of piperidine rings is 1. The van der Waals surface area contributed by atoms with Gasteiger partial charge in [-0.1, -0.05) is 18.6 Å². The van der Waals surface area contributed by atoms with Crippen LogP contribution >= 0.6 is 15.9 Å². The third kappa shape index (κ3) is 2.71. The first-order valence-corrected chi connectivity index (χ1v) is 7.85. The van der Waals surface area contributed by atoms with Gasteiger partial charge in [-0.2, -0.15) is 0 Å². The molecular weight excluding hydrogens is 306 g/mol. The molecule has 1 aliphatic heterocycles. The van der Waals surface area contributed by atoms with Gasteiger partial charge < -0.3 is 5.73 Å². The minimum atomic E-state index is -0.0926. The molecule has 0 amide bonds. The number of nitrogens with two attached hydrogens (primary N) is 1. The lowest BCUT2D eigenvalue weighted by molar-refractivity contribution is 0.0519. The van der Waals surface area contributed by atoms with Gasteiger partial charge in [-0.3, -0.25) is 4.90 Å². The highest BCUT2D eigenvalue weighted by Crippen LogP contribution is 2.36. The van der Waals surface area contributed by atoms with Crippen LogP contribution in [-0.2, 0) is 7.05 Å². The Hall–Kier alpha value is -0.460. The number of nitrogens with zero attached hydrogens (tertiary/aromatic N) is 4. The van der Waals surface area contributed by atoms with Crippen molar-refractivity contribution in [2.75, 3.05) is 13.1 Å². The molecule has 0 saturated carbocycles. The Labute approximate surface area is 123 Å². The Kier molecular flexibility index (Phi) is 4.63. The highest BCUT2D eigenvalue weighted by molar-refractivity contribution is 9.10. The summed E-state index contributed by atoms with van der Waals surface area (Å²) in [5.41, 5.74) is 7.53. The van der Waals surface area contributed by atoms with E-state index in [9.17, 15) is 0 Å². The summed E-state index contributed by atoms with van der Waals surface area (Å²) in [6, 6.07) is -0.0926. The lowest BCUT2D eigenvalue weighted by Crippen LogP contribution is -2.55. The van der Waals surface area contributed by atoms with E-state index in [4.69, 9.17) is 5.73 Å². The van der Waals surface area contributed by atoms with Crippen molar-refractivity contribution in [1.82, 2.24) is 19.9 Å². The number of aryl methyl sites for hydroxylation is 1. The van der Waals surface area contributed by atoms with Crippen LogP contribution in [0.2, 0.25) is 0 Å². The van der Waals surface area contributed by atoms with Gasteiger partial charge in [-0.15, -0.1) is 5.10 Å². The maximum absolute atomic E-state index is 6.59. The first-order valence-electron chi connectivity index (χ1n) is 7.06. The molecule has 108 valence electrons. The standard InChI is InChI=1S/C13H24BrN5/c1-4-13(2,19-8-6-5-7-9-19)11(15)10-12(14)16-17-18(10)3/h11H,4-9,15H2,1-3H3. The average molecular weight is 330 g/mol. The molecule has 1 aromatic rings. The zero-order valence-corrected chi connectivity index (χ0v) is 13.7. The Morgan fingerprint density at radius 1 is 1.37 bits per heavy atom. The number of aromatic nitrogens is 3. The zero-order chi connectivity index (χ0) is 14.0. The Balaban J connectivity index is 2.29. The quantitative estimate of drug-likeness (QED) is 0.920. The molecule has 0 aromatic carbocycles. The van der Waals surface area contributed by atoms with Gasteiger partial charge in [0.05, 0.1) is 11.7 Å². The monoisotopic (exact) mass is 329 g/mol. The molecule has 19 heavy (non-hydrogen) atoms. The number of rotatable bonds is 4. The molecule has 0 aliphatic carbocycles. The van der Waals surface area contributed by atoms with Gasteiger partial charge in [0.25, 0.3) is 0 Å². The fourth-order valence-electron chi connectivity index (χ4n) is 3.01. The third-order valence-electron chi connectivity index (χ3n) is 4.59. The van der Waals surface area contributed by atoms with E-state index in [1.807, 2.05) is 7.05 Å². The molecule has 1 fully saturated rings. The summed E-state index contributed by atoms with van der Waals surface area (Å²) in [6.45, 7) is 6.76. The summed E-state index contributed by atoms with van der Waals surface area (Å²) < 4.78 is 2.55. The van der Waals surface area contributed by atoms with Crippen LogP contribution in [0.15, 0.2) is 4.60 Å². The van der Waals surface area contributed by atoms with Gasteiger partial charge in [0.2, 0.25) is 0 Å². The molecule has 2 N–H and O–H groups in total. The summed E-state index contributed by atoms with van der Waals surface area (Å²) in [5, 5.41) is 8.11. The molecule has 0 bridgehead atoms. The topological polar surface area (TPSA) is 60.0 Å². The van der Waals surface area contributed by atoms with Gasteiger partial charge in [0.15, 0.2) is 4.60 Å². The van der Waals surface area contributed by atoms with Crippen molar-refractivity contribution >= 4 is 15.9 Å². The number of hydrogen-bond acceptors (Lipinski definition) is 4. The summed E-state index contributed by atoms with van der Waals surface area (Å²) in [7, 11) is 1.90. The number of likely N-dealkylation sites (tertiary alicyclic amines) is 1. The fraction of sp³-hybridized carbons (Fsp3) is 0.846. The molecule has 2 heterocycles. The van der Waals surface area contributed by atoms with E-state index in [0.717, 1.165) is 29.8 Å². The van der Waals surface area contributed by atoms with Crippen molar-refractivity contribution < 1.29 is 0 Å². The molecule has 0 radical (unpaired) electrons. The summed E-state index contributed by atoms with van der Waals surface area (Å²) in [6.07, 6.45) is 4.90. The van der Waals surface area contributed by atoms with Crippen LogP contribution in [-0.4, -0.2) is 38.5 Å². The van der Waals surface area contributed by atoms with E-state index in [0.29, 0.717) is 0 Å². The second-order valence-corrected chi connectivity index (χ2v) is 6.38. The maximum atomic E-state index is 6.59. The van der Waals surface area contributed by atoms with Crippen LogP contribution in [0, 0.1) is 0 Å². The molecular formula is C13H24BrN5. The van der Waals surface area contributed by atoms with Gasteiger partial charge in [-0.05, 0) is 55.2 Å². The van der Waals surface area contributed by atoms with Crippen LogP contribution in [0.4, 0.5) is 0 Å². The first-order chi connectivity index (χ1) is 9.00. The largest absolute Gasteiger partial charge is 0.321 e. The van der Waals surface area contributed by atoms with E-state index in [1.165, 1.54) is 19.3 Å². The van der Waals surface area contributed by atoms with Gasteiger partial charge >= 0.3 is 0 Å². The molecule has 6 heteroatoms. The summed E-state index contributed by atoms with van der Waals surface area (Å²) in [4.78, 5) is 2.54. The van der Waals surface area contributed by atoms with Crippen LogP contribution in [0.25, 0.3) is 0 Å². The Bertz CT molecular complexity index is 407. The molecule has 0 spiro atoms. The third-order valence-corrected chi connectivity index (χ3v) is 5.15. The molecule has 5 nitrogen and oxygen atoms in total. The highest BCUT2D eigenvalue weighted by atomic mass is 79.9. The smallest absolute Gasteiger partial charge is 0.153 e. The van der Waals surface area contributed by atoms with Gasteiger partial charge in [-0.25, -0.2) is 4.68 Å². The predicted octanol–water partition coefficient (Wildman–Crippen LogP) is 2.23. The van der Waals surface area contributed by atoms with Crippen molar-refractivity contribution in [2.45, 2.75) is 51.1 Å². The zero-order valence-electron chi connectivity index (χ0n) is 12.1. The second-order valence-electron chi connectivity index (χ2n) is 5.63. The Morgan fingerprint density at radius 3 is 2.47 bits per heavy atom. The van der Waals surface area contributed by atoms with Gasteiger partial charge in [0, 0.05) is 12.6 Å². The normalized spacial score (nSPS) is 22.2. The summed E-state index contributed by atoms with van der Waals surface area (Å²) in [5.74, 6) is 0. The summed E-state index contributed by atoms with van der Waals surface area (Å²) >= 11 is 3.47. The van der Waals surface area contributed by atoms with Crippen LogP contribution < -0.4 is 5.73 Å². The van der Waals surface area contributed by atoms with Crippen molar-refractivity contribution in [1.29, 1.82) is 0 Å². The maximum Gasteiger partial charge on any atom is 0.153 e. The van der Waals surface area contributed by atoms with Crippen molar-refractivity contribution in [3.63, 3.8) is 0 Å². The first kappa shape index (κ1) is 14.9. The molecule has 2 atom stereocenters. The van der Waals surface area contributed by atoms with Crippen LogP contribution in [0.5, 0.6) is 0 Å². The van der Waals surface area contributed by atoms with E-state index in [2.05, 4.69) is 45.0 Å². The minimum absolute atomic E-state index is 0.0432. The van der Waals surface area contributed by atoms with E-state index in [-0.39, 0.29) is 11.6 Å². The van der Waals surface area contributed by atoms with E-state index < -0.39 is 0 Å². The van der Waals surface area contributed by atoms with Crippen molar-refractivity contribution in [2.24, 2.45) is 12.8 Å². The molecule has 1 saturated heterocycles. The SMILES string of the molecule is CCC(C)(C(N)c1c(Br)nnn1C)N1CCCCC1. The molecule has 2 unspecified atom stereocenters. The molecule has 1 aromatic heterocycles. The van der Waals surface area contributed by atoms with Crippen LogP contribution in [0.1, 0.15) is 51.3 Å². The lowest BCUT2D eigenvalue weighted by Gasteiger charge is -2.46.